The second kappa shape index (κ2) is 17.4. The van der Waals surface area contributed by atoms with Crippen LogP contribution in [0.1, 0.15) is 38.5 Å². The Labute approximate surface area is 139 Å². The van der Waals surface area contributed by atoms with Crippen LogP contribution in [0, 0.1) is 6.92 Å². The number of aliphatic hydroxyl groups is 1. The lowest BCUT2D eigenvalue weighted by Crippen LogP contribution is -2.20. The Morgan fingerprint density at radius 2 is 1.87 bits per heavy atom. The molecule has 1 N–H and O–H groups in total. The van der Waals surface area contributed by atoms with Crippen molar-refractivity contribution in [3.05, 3.63) is 19.1 Å². The van der Waals surface area contributed by atoms with Crippen molar-refractivity contribution in [2.45, 2.75) is 44.6 Å². The minimum Gasteiger partial charge on any atom is -0.457 e. The summed E-state index contributed by atoms with van der Waals surface area (Å²) < 4.78 is 20.2. The minimum atomic E-state index is -0.559. The Bertz CT molecular complexity index is 293. The molecule has 0 amide bonds. The van der Waals surface area contributed by atoms with E-state index in [1.165, 1.54) is 6.08 Å². The molecule has 6 nitrogen and oxygen atoms in total. The van der Waals surface area contributed by atoms with Gasteiger partial charge in [0.25, 0.3) is 0 Å². The molecule has 23 heavy (non-hydrogen) atoms. The topological polar surface area (TPSA) is 74.2 Å². The summed E-state index contributed by atoms with van der Waals surface area (Å²) in [6, 6.07) is 0. The van der Waals surface area contributed by atoms with Crippen molar-refractivity contribution in [3.8, 4) is 0 Å². The third kappa shape index (κ3) is 17.2. The molecule has 1 unspecified atom stereocenters. The van der Waals surface area contributed by atoms with Crippen LogP contribution >= 0.6 is 0 Å². The maximum atomic E-state index is 11.5. The van der Waals surface area contributed by atoms with E-state index in [2.05, 4.69) is 6.92 Å². The molecule has 0 saturated carbocycles. The Hall–Kier alpha value is -0.950. The number of esters is 1. The molecule has 0 aromatic carbocycles. The van der Waals surface area contributed by atoms with E-state index < -0.39 is 12.1 Å². The van der Waals surface area contributed by atoms with E-state index in [0.717, 1.165) is 38.5 Å². The number of carbonyl (C=O) groups is 1. The Morgan fingerprint density at radius 3 is 2.61 bits per heavy atom. The summed E-state index contributed by atoms with van der Waals surface area (Å²) in [6.45, 7) is 5.25. The van der Waals surface area contributed by atoms with E-state index in [0.29, 0.717) is 13.2 Å². The smallest absolute Gasteiger partial charge is 0.330 e. The molecule has 135 valence electrons. The summed E-state index contributed by atoms with van der Waals surface area (Å²) in [7, 11) is 1.60. The quantitative estimate of drug-likeness (QED) is 0.202. The Kier molecular flexibility index (Phi) is 16.7. The number of allylic oxidation sites excluding steroid dienone is 1. The van der Waals surface area contributed by atoms with E-state index in [1.807, 2.05) is 6.08 Å². The first-order valence-corrected chi connectivity index (χ1v) is 8.16. The third-order valence-corrected chi connectivity index (χ3v) is 2.97. The first kappa shape index (κ1) is 22.1. The van der Waals surface area contributed by atoms with Gasteiger partial charge in [0.2, 0.25) is 0 Å². The highest BCUT2D eigenvalue weighted by Crippen LogP contribution is 2.05. The van der Waals surface area contributed by atoms with E-state index in [4.69, 9.17) is 24.1 Å². The van der Waals surface area contributed by atoms with Crippen molar-refractivity contribution in [2.75, 3.05) is 40.3 Å². The van der Waals surface area contributed by atoms with Gasteiger partial charge >= 0.3 is 5.97 Å². The van der Waals surface area contributed by atoms with Crippen LogP contribution in [0.3, 0.4) is 0 Å². The summed E-state index contributed by atoms with van der Waals surface area (Å²) in [5.74, 6) is -0.408. The van der Waals surface area contributed by atoms with Crippen molar-refractivity contribution in [2.24, 2.45) is 0 Å². The highest BCUT2D eigenvalue weighted by atomic mass is 16.7. The summed E-state index contributed by atoms with van der Waals surface area (Å²) in [5, 5.41) is 8.65. The fourth-order valence-electron chi connectivity index (χ4n) is 1.76. The lowest BCUT2D eigenvalue weighted by Gasteiger charge is -2.12. The van der Waals surface area contributed by atoms with Crippen LogP contribution in [-0.4, -0.2) is 57.5 Å². The molecule has 0 aliphatic carbocycles. The van der Waals surface area contributed by atoms with Gasteiger partial charge in [0.05, 0.1) is 19.8 Å². The molecule has 0 heterocycles. The molecule has 1 radical (unpaired) electrons. The average Bonchev–Trinajstić information content (AvgIpc) is 2.53. The lowest BCUT2D eigenvalue weighted by molar-refractivity contribution is -0.147. The number of unbranched alkanes of at least 4 members (excludes halogenated alkanes) is 5. The normalized spacial score (nSPS) is 12.7. The zero-order valence-corrected chi connectivity index (χ0v) is 14.2. The monoisotopic (exact) mass is 331 g/mol. The standard InChI is InChI=1S/C17H31O6/c1-16(14-22-15-21-13-12-20-2)23-17(19)10-8-6-4-3-5-7-9-11-18/h8,10,16,18H,1,3-7,9,11-15H2,2H3/b10-8+. The molecule has 0 aromatic rings. The molecule has 0 aliphatic heterocycles. The van der Waals surface area contributed by atoms with Gasteiger partial charge in [-0.2, -0.15) is 0 Å². The van der Waals surface area contributed by atoms with Gasteiger partial charge in [-0.25, -0.2) is 4.79 Å². The van der Waals surface area contributed by atoms with Crippen molar-refractivity contribution in [1.82, 2.24) is 0 Å². The number of ether oxygens (including phenoxy) is 4. The van der Waals surface area contributed by atoms with Gasteiger partial charge in [0.15, 0.2) is 0 Å². The molecular formula is C17H31O6. The molecule has 0 aliphatic rings. The lowest BCUT2D eigenvalue weighted by atomic mass is 10.1. The molecule has 0 fully saturated rings. The number of aliphatic hydroxyl groups excluding tert-OH is 1. The van der Waals surface area contributed by atoms with Crippen LogP contribution in [-0.2, 0) is 23.7 Å². The van der Waals surface area contributed by atoms with Crippen LogP contribution in [0.25, 0.3) is 0 Å². The number of rotatable bonds is 16. The number of hydrogen-bond acceptors (Lipinski definition) is 6. The molecule has 0 saturated heterocycles. The SMILES string of the molecule is [CH2]C(COCOCCOC)OC(=O)/C=C/CCCCCCCO. The van der Waals surface area contributed by atoms with Gasteiger partial charge in [0.1, 0.15) is 12.9 Å². The van der Waals surface area contributed by atoms with Gasteiger partial charge in [-0.05, 0) is 26.2 Å². The van der Waals surface area contributed by atoms with Gasteiger partial charge < -0.3 is 24.1 Å². The van der Waals surface area contributed by atoms with Crippen LogP contribution in [0.4, 0.5) is 0 Å². The van der Waals surface area contributed by atoms with E-state index in [9.17, 15) is 4.79 Å². The fourth-order valence-corrected chi connectivity index (χ4v) is 1.76. The molecule has 0 bridgehead atoms. The van der Waals surface area contributed by atoms with E-state index >= 15 is 0 Å². The van der Waals surface area contributed by atoms with Crippen LogP contribution in [0.15, 0.2) is 12.2 Å². The zero-order chi connectivity index (χ0) is 17.2. The van der Waals surface area contributed by atoms with Gasteiger partial charge in [-0.1, -0.05) is 25.3 Å². The average molecular weight is 331 g/mol. The second-order valence-corrected chi connectivity index (χ2v) is 5.13. The Balaban J connectivity index is 3.47. The summed E-state index contributed by atoms with van der Waals surface area (Å²) in [4.78, 5) is 11.5. The predicted molar refractivity (Wildman–Crippen MR) is 87.8 cm³/mol. The predicted octanol–water partition coefficient (Wildman–Crippen LogP) is 2.26. The van der Waals surface area contributed by atoms with Crippen molar-refractivity contribution in [3.63, 3.8) is 0 Å². The zero-order valence-electron chi connectivity index (χ0n) is 14.2. The van der Waals surface area contributed by atoms with Crippen LogP contribution in [0.5, 0.6) is 0 Å². The fraction of sp³-hybridized carbons (Fsp3) is 0.765. The molecule has 0 rings (SSSR count). The first-order valence-electron chi connectivity index (χ1n) is 8.16. The molecule has 0 aromatic heterocycles. The third-order valence-electron chi connectivity index (χ3n) is 2.97. The van der Waals surface area contributed by atoms with Gasteiger partial charge in [-0.15, -0.1) is 0 Å². The minimum absolute atomic E-state index is 0.124. The molecule has 6 heteroatoms. The molecular weight excluding hydrogens is 300 g/mol. The van der Waals surface area contributed by atoms with E-state index in [1.54, 1.807) is 7.11 Å². The van der Waals surface area contributed by atoms with Crippen LogP contribution < -0.4 is 0 Å². The van der Waals surface area contributed by atoms with Gasteiger partial charge in [0, 0.05) is 19.8 Å². The maximum Gasteiger partial charge on any atom is 0.330 e. The van der Waals surface area contributed by atoms with Gasteiger partial charge in [-0.3, -0.25) is 0 Å². The highest BCUT2D eigenvalue weighted by molar-refractivity contribution is 5.82. The van der Waals surface area contributed by atoms with Crippen molar-refractivity contribution < 1.29 is 28.8 Å². The first-order chi connectivity index (χ1) is 11.2. The largest absolute Gasteiger partial charge is 0.457 e. The summed E-state index contributed by atoms with van der Waals surface area (Å²) in [6.07, 6.45) is 8.71. The number of hydrogen-bond donors (Lipinski definition) is 1. The van der Waals surface area contributed by atoms with Crippen LogP contribution in [0.2, 0.25) is 0 Å². The van der Waals surface area contributed by atoms with E-state index in [-0.39, 0.29) is 20.0 Å². The number of methoxy groups -OCH3 is 1. The molecule has 0 spiro atoms. The highest BCUT2D eigenvalue weighted by Gasteiger charge is 2.06. The summed E-state index contributed by atoms with van der Waals surface area (Å²) in [5.41, 5.74) is 0. The Morgan fingerprint density at radius 1 is 1.13 bits per heavy atom. The molecule has 1 atom stereocenters. The second-order valence-electron chi connectivity index (χ2n) is 5.13. The van der Waals surface area contributed by atoms with Crippen molar-refractivity contribution in [1.29, 1.82) is 0 Å². The van der Waals surface area contributed by atoms with Crippen molar-refractivity contribution >= 4 is 5.97 Å². The summed E-state index contributed by atoms with van der Waals surface area (Å²) >= 11 is 0. The maximum absolute atomic E-state index is 11.5. The number of carbonyl (C=O) groups excluding carboxylic acids is 1.